The van der Waals surface area contributed by atoms with Gasteiger partial charge in [-0.1, -0.05) is 13.8 Å². The first-order valence-corrected chi connectivity index (χ1v) is 10.7. The van der Waals surface area contributed by atoms with Gasteiger partial charge in [0.1, 0.15) is 0 Å². The summed E-state index contributed by atoms with van der Waals surface area (Å²) in [5.41, 5.74) is 0. The topological polar surface area (TPSA) is 71.1 Å². The highest BCUT2D eigenvalue weighted by atomic mass is 32.2. The van der Waals surface area contributed by atoms with E-state index < -0.39 is 0 Å². The molecule has 1 atom stereocenters. The van der Waals surface area contributed by atoms with Gasteiger partial charge in [0.2, 0.25) is 11.8 Å². The Hall–Kier alpha value is -0.830. The summed E-state index contributed by atoms with van der Waals surface area (Å²) in [7, 11) is 0. The van der Waals surface area contributed by atoms with Gasteiger partial charge in [0.15, 0.2) is 0 Å². The molecule has 0 bridgehead atoms. The fourth-order valence-electron chi connectivity index (χ4n) is 3.27. The lowest BCUT2D eigenvalue weighted by Gasteiger charge is -2.35. The molecule has 0 saturated carbocycles. The molecule has 0 aliphatic carbocycles. The van der Waals surface area contributed by atoms with Crippen LogP contribution in [0.4, 0.5) is 0 Å². The standard InChI is InChI=1S/C18H33N3O4S/c1-15(2)11-16(20-3-7-24-8-4-20)12-19-17(22)13-26-14-18(23)21-5-9-25-10-6-21/h15-16H,3-14H2,1-2H3,(H,19,22). The number of rotatable bonds is 9. The van der Waals surface area contributed by atoms with Crippen molar-refractivity contribution in [2.75, 3.05) is 70.7 Å². The minimum absolute atomic E-state index is 0.00629. The Balaban J connectivity index is 1.65. The third-order valence-electron chi connectivity index (χ3n) is 4.66. The monoisotopic (exact) mass is 387 g/mol. The maximum Gasteiger partial charge on any atom is 0.232 e. The Morgan fingerprint density at radius 2 is 1.62 bits per heavy atom. The van der Waals surface area contributed by atoms with Crippen molar-refractivity contribution < 1.29 is 19.1 Å². The molecule has 2 amide bonds. The molecule has 0 aromatic heterocycles. The number of nitrogens with one attached hydrogen (secondary N) is 1. The van der Waals surface area contributed by atoms with E-state index in [1.165, 1.54) is 11.8 Å². The molecule has 2 heterocycles. The van der Waals surface area contributed by atoms with Crippen LogP contribution in [0.3, 0.4) is 0 Å². The Kier molecular flexibility index (Phi) is 9.74. The van der Waals surface area contributed by atoms with Crippen molar-refractivity contribution in [2.24, 2.45) is 5.92 Å². The first-order valence-electron chi connectivity index (χ1n) is 9.58. The van der Waals surface area contributed by atoms with Crippen LogP contribution in [0.15, 0.2) is 0 Å². The second-order valence-electron chi connectivity index (χ2n) is 7.22. The van der Waals surface area contributed by atoms with Gasteiger partial charge in [0, 0.05) is 38.8 Å². The van der Waals surface area contributed by atoms with E-state index >= 15 is 0 Å². The number of hydrogen-bond donors (Lipinski definition) is 1. The van der Waals surface area contributed by atoms with Crippen LogP contribution in [-0.4, -0.2) is 98.3 Å². The van der Waals surface area contributed by atoms with Gasteiger partial charge in [-0.2, -0.15) is 0 Å². The summed E-state index contributed by atoms with van der Waals surface area (Å²) in [6.07, 6.45) is 1.06. The fourth-order valence-corrected chi connectivity index (χ4v) is 4.01. The van der Waals surface area contributed by atoms with Crippen molar-refractivity contribution in [1.29, 1.82) is 0 Å². The second-order valence-corrected chi connectivity index (χ2v) is 8.21. The van der Waals surface area contributed by atoms with Crippen molar-refractivity contribution in [3.63, 3.8) is 0 Å². The zero-order valence-electron chi connectivity index (χ0n) is 16.1. The first-order chi connectivity index (χ1) is 12.6. The van der Waals surface area contributed by atoms with Crippen molar-refractivity contribution in [1.82, 2.24) is 15.1 Å². The Morgan fingerprint density at radius 1 is 1.00 bits per heavy atom. The highest BCUT2D eigenvalue weighted by Gasteiger charge is 2.22. The quantitative estimate of drug-likeness (QED) is 0.619. The third-order valence-corrected chi connectivity index (χ3v) is 5.58. The highest BCUT2D eigenvalue weighted by Crippen LogP contribution is 2.13. The van der Waals surface area contributed by atoms with Crippen LogP contribution in [0.2, 0.25) is 0 Å². The molecule has 1 unspecified atom stereocenters. The number of nitrogens with zero attached hydrogens (tertiary/aromatic N) is 2. The number of carbonyl (C=O) groups excluding carboxylic acids is 2. The van der Waals surface area contributed by atoms with Crippen LogP contribution in [0, 0.1) is 5.92 Å². The SMILES string of the molecule is CC(C)CC(CNC(=O)CSCC(=O)N1CCOCC1)N1CCOCC1. The molecular weight excluding hydrogens is 354 g/mol. The van der Waals surface area contributed by atoms with Crippen LogP contribution in [-0.2, 0) is 19.1 Å². The molecule has 0 radical (unpaired) electrons. The summed E-state index contributed by atoms with van der Waals surface area (Å²) in [6.45, 7) is 11.0. The zero-order valence-corrected chi connectivity index (χ0v) is 16.9. The number of morpholine rings is 2. The molecule has 150 valence electrons. The molecular formula is C18H33N3O4S. The average Bonchev–Trinajstić information content (AvgIpc) is 2.66. The van der Waals surface area contributed by atoms with E-state index in [9.17, 15) is 9.59 Å². The average molecular weight is 388 g/mol. The molecule has 2 aliphatic rings. The smallest absolute Gasteiger partial charge is 0.232 e. The molecule has 0 aromatic rings. The second kappa shape index (κ2) is 11.8. The minimum Gasteiger partial charge on any atom is -0.379 e. The fraction of sp³-hybridized carbons (Fsp3) is 0.889. The number of hydrogen-bond acceptors (Lipinski definition) is 6. The number of ether oxygens (including phenoxy) is 2. The molecule has 7 nitrogen and oxygen atoms in total. The maximum absolute atomic E-state index is 12.2. The molecule has 2 fully saturated rings. The van der Waals surface area contributed by atoms with Crippen LogP contribution < -0.4 is 5.32 Å². The zero-order chi connectivity index (χ0) is 18.8. The summed E-state index contributed by atoms with van der Waals surface area (Å²) in [5, 5.41) is 3.05. The molecule has 2 aliphatic heterocycles. The maximum atomic E-state index is 12.2. The van der Waals surface area contributed by atoms with E-state index in [0.717, 1.165) is 32.7 Å². The van der Waals surface area contributed by atoms with Gasteiger partial charge >= 0.3 is 0 Å². The molecule has 26 heavy (non-hydrogen) atoms. The Labute approximate surface area is 161 Å². The highest BCUT2D eigenvalue weighted by molar-refractivity contribution is 8.00. The summed E-state index contributed by atoms with van der Waals surface area (Å²) >= 11 is 1.39. The molecule has 2 saturated heterocycles. The minimum atomic E-state index is 0.00629. The van der Waals surface area contributed by atoms with Gasteiger partial charge in [-0.05, 0) is 12.3 Å². The van der Waals surface area contributed by atoms with Crippen molar-refractivity contribution in [3.8, 4) is 0 Å². The predicted octanol–water partition coefficient (Wildman–Crippen LogP) is 0.442. The molecule has 1 N–H and O–H groups in total. The van der Waals surface area contributed by atoms with Gasteiger partial charge in [0.05, 0.1) is 37.9 Å². The van der Waals surface area contributed by atoms with Gasteiger partial charge in [0.25, 0.3) is 0 Å². The Morgan fingerprint density at radius 3 is 2.23 bits per heavy atom. The number of thioether (sulfide) groups is 1. The lowest BCUT2D eigenvalue weighted by molar-refractivity contribution is -0.132. The van der Waals surface area contributed by atoms with E-state index in [1.807, 2.05) is 4.90 Å². The Bertz CT molecular complexity index is 438. The molecule has 0 aromatic carbocycles. The van der Waals surface area contributed by atoms with E-state index in [2.05, 4.69) is 24.1 Å². The van der Waals surface area contributed by atoms with Gasteiger partial charge in [-0.25, -0.2) is 0 Å². The summed E-state index contributed by atoms with van der Waals surface area (Å²) in [4.78, 5) is 28.5. The van der Waals surface area contributed by atoms with Crippen molar-refractivity contribution >= 4 is 23.6 Å². The summed E-state index contributed by atoms with van der Waals surface area (Å²) < 4.78 is 10.7. The van der Waals surface area contributed by atoms with Crippen LogP contribution >= 0.6 is 11.8 Å². The summed E-state index contributed by atoms with van der Waals surface area (Å²) in [6, 6.07) is 0.350. The van der Waals surface area contributed by atoms with Crippen molar-refractivity contribution in [3.05, 3.63) is 0 Å². The van der Waals surface area contributed by atoms with E-state index in [-0.39, 0.29) is 11.8 Å². The third kappa shape index (κ3) is 7.82. The molecule has 8 heteroatoms. The first kappa shape index (κ1) is 21.5. The summed E-state index contributed by atoms with van der Waals surface area (Å²) in [5.74, 6) is 1.36. The van der Waals surface area contributed by atoms with E-state index in [1.54, 1.807) is 0 Å². The largest absolute Gasteiger partial charge is 0.379 e. The number of carbonyl (C=O) groups is 2. The lowest BCUT2D eigenvalue weighted by Crippen LogP contribution is -2.49. The normalized spacial score (nSPS) is 20.2. The van der Waals surface area contributed by atoms with Gasteiger partial charge in [-0.15, -0.1) is 11.8 Å². The van der Waals surface area contributed by atoms with Crippen LogP contribution in [0.25, 0.3) is 0 Å². The van der Waals surface area contributed by atoms with Crippen molar-refractivity contribution in [2.45, 2.75) is 26.3 Å². The predicted molar refractivity (Wildman–Crippen MR) is 103 cm³/mol. The number of amides is 2. The van der Waals surface area contributed by atoms with Crippen LogP contribution in [0.1, 0.15) is 20.3 Å². The van der Waals surface area contributed by atoms with Gasteiger partial charge in [-0.3, -0.25) is 14.5 Å². The van der Waals surface area contributed by atoms with E-state index in [0.29, 0.717) is 56.3 Å². The molecule has 2 rings (SSSR count). The molecule has 0 spiro atoms. The van der Waals surface area contributed by atoms with Crippen LogP contribution in [0.5, 0.6) is 0 Å². The van der Waals surface area contributed by atoms with E-state index in [4.69, 9.17) is 9.47 Å². The van der Waals surface area contributed by atoms with Gasteiger partial charge < -0.3 is 19.7 Å². The lowest BCUT2D eigenvalue weighted by atomic mass is 10.0.